The summed E-state index contributed by atoms with van der Waals surface area (Å²) in [7, 11) is 2.12. The number of nitrogens with one attached hydrogen (secondary N) is 2. The van der Waals surface area contributed by atoms with Crippen molar-refractivity contribution < 1.29 is 4.79 Å². The van der Waals surface area contributed by atoms with Gasteiger partial charge in [-0.2, -0.15) is 0 Å². The molecule has 2 N–H and O–H groups in total. The normalized spacial score (nSPS) is 17.2. The average Bonchev–Trinajstić information content (AvgIpc) is 2.42. The number of nitrogens with zero attached hydrogens (tertiary/aromatic N) is 1. The van der Waals surface area contributed by atoms with Gasteiger partial charge in [-0.25, -0.2) is 0 Å². The number of carbonyl (C=O) groups is 1. The van der Waals surface area contributed by atoms with Crippen LogP contribution in [0.25, 0.3) is 0 Å². The zero-order valence-corrected chi connectivity index (χ0v) is 11.8. The molecule has 2 rings (SSSR count). The van der Waals surface area contributed by atoms with Crippen LogP contribution in [-0.4, -0.2) is 43.5 Å². The van der Waals surface area contributed by atoms with E-state index in [1.807, 2.05) is 24.3 Å². The molecule has 1 fully saturated rings. The molecule has 1 aromatic rings. The van der Waals surface area contributed by atoms with Crippen LogP contribution in [0.1, 0.15) is 30.1 Å². The molecule has 1 heterocycles. The van der Waals surface area contributed by atoms with Gasteiger partial charge in [0.1, 0.15) is 0 Å². The van der Waals surface area contributed by atoms with Gasteiger partial charge in [0.05, 0.1) is 0 Å². The van der Waals surface area contributed by atoms with Crippen molar-refractivity contribution >= 4 is 11.6 Å². The molecule has 4 nitrogen and oxygen atoms in total. The van der Waals surface area contributed by atoms with Gasteiger partial charge in [0.2, 0.25) is 0 Å². The minimum Gasteiger partial charge on any atom is -0.385 e. The van der Waals surface area contributed by atoms with Crippen LogP contribution >= 0.6 is 0 Å². The fourth-order valence-electron chi connectivity index (χ4n) is 2.37. The molecule has 0 unspecified atom stereocenters. The van der Waals surface area contributed by atoms with E-state index in [2.05, 4.69) is 29.5 Å². The Morgan fingerprint density at radius 1 is 1.26 bits per heavy atom. The molecule has 0 atom stereocenters. The zero-order valence-electron chi connectivity index (χ0n) is 11.8. The van der Waals surface area contributed by atoms with Crippen LogP contribution in [0.4, 0.5) is 5.69 Å². The lowest BCUT2D eigenvalue weighted by Crippen LogP contribution is -2.43. The SMILES string of the molecule is CCNc1ccc(C(=O)NC2CCN(C)CC2)cc1. The van der Waals surface area contributed by atoms with Crippen molar-refractivity contribution in [2.24, 2.45) is 0 Å². The van der Waals surface area contributed by atoms with Gasteiger partial charge in [0, 0.05) is 23.8 Å². The van der Waals surface area contributed by atoms with Gasteiger partial charge in [-0.15, -0.1) is 0 Å². The van der Waals surface area contributed by atoms with Gasteiger partial charge < -0.3 is 15.5 Å². The first-order chi connectivity index (χ1) is 9.19. The molecule has 1 amide bonds. The summed E-state index contributed by atoms with van der Waals surface area (Å²) in [6, 6.07) is 7.97. The molecular formula is C15H23N3O. The van der Waals surface area contributed by atoms with E-state index in [1.165, 1.54) is 0 Å². The quantitative estimate of drug-likeness (QED) is 0.870. The third kappa shape index (κ3) is 3.96. The number of likely N-dealkylation sites (tertiary alicyclic amines) is 1. The summed E-state index contributed by atoms with van der Waals surface area (Å²) in [5, 5.41) is 6.34. The summed E-state index contributed by atoms with van der Waals surface area (Å²) in [5.74, 6) is 0.0394. The first kappa shape index (κ1) is 13.9. The van der Waals surface area contributed by atoms with Gasteiger partial charge in [-0.3, -0.25) is 4.79 Å². The number of anilines is 1. The maximum Gasteiger partial charge on any atom is 0.251 e. The summed E-state index contributed by atoms with van der Waals surface area (Å²) in [6.07, 6.45) is 2.08. The van der Waals surface area contributed by atoms with Crippen LogP contribution in [0.2, 0.25) is 0 Å². The molecular weight excluding hydrogens is 238 g/mol. The van der Waals surface area contributed by atoms with E-state index in [4.69, 9.17) is 0 Å². The molecule has 4 heteroatoms. The van der Waals surface area contributed by atoms with Crippen LogP contribution in [0.3, 0.4) is 0 Å². The van der Waals surface area contributed by atoms with E-state index in [1.54, 1.807) is 0 Å². The lowest BCUT2D eigenvalue weighted by Gasteiger charge is -2.29. The van der Waals surface area contributed by atoms with Crippen molar-refractivity contribution in [1.82, 2.24) is 10.2 Å². The van der Waals surface area contributed by atoms with Gasteiger partial charge in [-0.05, 0) is 64.2 Å². The van der Waals surface area contributed by atoms with E-state index < -0.39 is 0 Å². The summed E-state index contributed by atoms with van der Waals surface area (Å²) < 4.78 is 0. The first-order valence-corrected chi connectivity index (χ1v) is 7.02. The average molecular weight is 261 g/mol. The molecule has 1 aliphatic heterocycles. The number of hydrogen-bond acceptors (Lipinski definition) is 3. The first-order valence-electron chi connectivity index (χ1n) is 7.02. The van der Waals surface area contributed by atoms with Crippen molar-refractivity contribution in [3.05, 3.63) is 29.8 Å². The summed E-state index contributed by atoms with van der Waals surface area (Å²) in [4.78, 5) is 14.4. The smallest absolute Gasteiger partial charge is 0.251 e. The highest BCUT2D eigenvalue weighted by molar-refractivity contribution is 5.94. The van der Waals surface area contributed by atoms with E-state index in [0.717, 1.165) is 43.7 Å². The zero-order chi connectivity index (χ0) is 13.7. The Hall–Kier alpha value is -1.55. The molecule has 19 heavy (non-hydrogen) atoms. The van der Waals surface area contributed by atoms with E-state index in [0.29, 0.717) is 6.04 Å². The number of benzene rings is 1. The second-order valence-electron chi connectivity index (χ2n) is 5.16. The topological polar surface area (TPSA) is 44.4 Å². The highest BCUT2D eigenvalue weighted by Gasteiger charge is 2.18. The number of amides is 1. The van der Waals surface area contributed by atoms with Crippen LogP contribution in [0, 0.1) is 0 Å². The largest absolute Gasteiger partial charge is 0.385 e. The van der Waals surface area contributed by atoms with E-state index >= 15 is 0 Å². The highest BCUT2D eigenvalue weighted by atomic mass is 16.1. The summed E-state index contributed by atoms with van der Waals surface area (Å²) in [6.45, 7) is 5.07. The number of piperidine rings is 1. The van der Waals surface area contributed by atoms with Crippen molar-refractivity contribution in [2.45, 2.75) is 25.8 Å². The van der Waals surface area contributed by atoms with Crippen LogP contribution < -0.4 is 10.6 Å². The van der Waals surface area contributed by atoms with Crippen molar-refractivity contribution in [2.75, 3.05) is 32.0 Å². The second kappa shape index (κ2) is 6.57. The Balaban J connectivity index is 1.88. The van der Waals surface area contributed by atoms with E-state index in [9.17, 15) is 4.79 Å². The highest BCUT2D eigenvalue weighted by Crippen LogP contribution is 2.12. The van der Waals surface area contributed by atoms with Gasteiger partial charge in [0.15, 0.2) is 0 Å². The standard InChI is InChI=1S/C15H23N3O/c1-3-16-13-6-4-12(5-7-13)15(19)17-14-8-10-18(2)11-9-14/h4-7,14,16H,3,8-11H2,1-2H3,(H,17,19). The summed E-state index contributed by atoms with van der Waals surface area (Å²) >= 11 is 0. The Morgan fingerprint density at radius 2 is 1.89 bits per heavy atom. The lowest BCUT2D eigenvalue weighted by molar-refractivity contribution is 0.0917. The van der Waals surface area contributed by atoms with Crippen molar-refractivity contribution in [3.63, 3.8) is 0 Å². The number of carbonyl (C=O) groups excluding carboxylic acids is 1. The molecule has 1 saturated heterocycles. The maximum absolute atomic E-state index is 12.1. The fourth-order valence-corrected chi connectivity index (χ4v) is 2.37. The van der Waals surface area contributed by atoms with Gasteiger partial charge in [0.25, 0.3) is 5.91 Å². The second-order valence-corrected chi connectivity index (χ2v) is 5.16. The Bertz CT molecular complexity index is 408. The Kier molecular flexibility index (Phi) is 4.80. The number of hydrogen-bond donors (Lipinski definition) is 2. The van der Waals surface area contributed by atoms with Crippen molar-refractivity contribution in [3.8, 4) is 0 Å². The molecule has 0 bridgehead atoms. The third-order valence-electron chi connectivity index (χ3n) is 3.58. The monoisotopic (exact) mass is 261 g/mol. The Morgan fingerprint density at radius 3 is 2.47 bits per heavy atom. The van der Waals surface area contributed by atoms with Crippen LogP contribution in [0.15, 0.2) is 24.3 Å². The van der Waals surface area contributed by atoms with Gasteiger partial charge >= 0.3 is 0 Å². The molecule has 0 saturated carbocycles. The lowest BCUT2D eigenvalue weighted by atomic mass is 10.0. The number of rotatable bonds is 4. The molecule has 1 aromatic carbocycles. The molecule has 1 aliphatic rings. The molecule has 0 spiro atoms. The van der Waals surface area contributed by atoms with Crippen molar-refractivity contribution in [1.29, 1.82) is 0 Å². The molecule has 0 radical (unpaired) electrons. The van der Waals surface area contributed by atoms with Gasteiger partial charge in [-0.1, -0.05) is 0 Å². The predicted octanol–water partition coefficient (Wildman–Crippen LogP) is 1.94. The minimum absolute atomic E-state index is 0.0394. The molecule has 104 valence electrons. The van der Waals surface area contributed by atoms with E-state index in [-0.39, 0.29) is 5.91 Å². The third-order valence-corrected chi connectivity index (χ3v) is 3.58. The fraction of sp³-hybridized carbons (Fsp3) is 0.533. The predicted molar refractivity (Wildman–Crippen MR) is 78.6 cm³/mol. The van der Waals surface area contributed by atoms with Crippen LogP contribution in [0.5, 0.6) is 0 Å². The molecule has 0 aromatic heterocycles. The maximum atomic E-state index is 12.1. The minimum atomic E-state index is 0.0394. The Labute approximate surface area is 115 Å². The molecule has 0 aliphatic carbocycles. The van der Waals surface area contributed by atoms with Crippen LogP contribution in [-0.2, 0) is 0 Å². The summed E-state index contributed by atoms with van der Waals surface area (Å²) in [5.41, 5.74) is 1.79.